The molecule has 1 N–H and O–H groups in total. The van der Waals surface area contributed by atoms with Crippen molar-refractivity contribution in [3.63, 3.8) is 0 Å². The molecule has 1 fully saturated rings. The molecule has 7 nitrogen and oxygen atoms in total. The molecule has 1 amide bonds. The van der Waals surface area contributed by atoms with E-state index < -0.39 is 0 Å². The Morgan fingerprint density at radius 1 is 1.14 bits per heavy atom. The molecule has 2 heterocycles. The third kappa shape index (κ3) is 5.09. The number of aromatic nitrogens is 2. The molecule has 2 aromatic rings. The Labute approximate surface area is 172 Å². The van der Waals surface area contributed by atoms with Crippen molar-refractivity contribution in [1.29, 1.82) is 5.26 Å². The van der Waals surface area contributed by atoms with Crippen LogP contribution in [0.5, 0.6) is 0 Å². The zero-order valence-electron chi connectivity index (χ0n) is 17.5. The Morgan fingerprint density at radius 2 is 1.86 bits per heavy atom. The summed E-state index contributed by atoms with van der Waals surface area (Å²) >= 11 is 0. The van der Waals surface area contributed by atoms with Crippen LogP contribution in [0.3, 0.4) is 0 Å². The third-order valence-corrected chi connectivity index (χ3v) is 5.20. The Bertz CT molecular complexity index is 912. The first kappa shape index (κ1) is 20.7. The van der Waals surface area contributed by atoms with E-state index in [0.717, 1.165) is 43.5 Å². The SMILES string of the molecule is Cc1cc(N2CCN([C@H](C)C(=O)Nc3cccc(C#N)c3)CC2)nc(C(C)C)n1. The van der Waals surface area contributed by atoms with Gasteiger partial charge in [0, 0.05) is 49.5 Å². The molecule has 0 aliphatic carbocycles. The molecular formula is C22H28N6O. The second-order valence-electron chi connectivity index (χ2n) is 7.76. The fourth-order valence-electron chi connectivity index (χ4n) is 3.41. The molecule has 1 atom stereocenters. The van der Waals surface area contributed by atoms with Gasteiger partial charge in [-0.15, -0.1) is 0 Å². The highest BCUT2D eigenvalue weighted by atomic mass is 16.2. The van der Waals surface area contributed by atoms with Crippen LogP contribution < -0.4 is 10.2 Å². The van der Waals surface area contributed by atoms with Crippen molar-refractivity contribution in [2.24, 2.45) is 0 Å². The van der Waals surface area contributed by atoms with E-state index in [2.05, 4.69) is 40.0 Å². The molecule has 0 saturated carbocycles. The quantitative estimate of drug-likeness (QED) is 0.842. The van der Waals surface area contributed by atoms with Crippen LogP contribution in [0.25, 0.3) is 0 Å². The summed E-state index contributed by atoms with van der Waals surface area (Å²) in [7, 11) is 0. The number of rotatable bonds is 5. The number of piperazine rings is 1. The first-order valence-corrected chi connectivity index (χ1v) is 10.0. The fraction of sp³-hybridized carbons (Fsp3) is 0.455. The molecule has 0 spiro atoms. The van der Waals surface area contributed by atoms with Gasteiger partial charge in [0.25, 0.3) is 0 Å². The molecule has 0 radical (unpaired) electrons. The normalized spacial score (nSPS) is 15.8. The molecule has 152 valence electrons. The number of hydrogen-bond acceptors (Lipinski definition) is 6. The van der Waals surface area contributed by atoms with Gasteiger partial charge in [-0.3, -0.25) is 9.69 Å². The maximum absolute atomic E-state index is 12.7. The van der Waals surface area contributed by atoms with Gasteiger partial charge in [-0.25, -0.2) is 9.97 Å². The lowest BCUT2D eigenvalue weighted by Gasteiger charge is -2.38. The lowest BCUT2D eigenvalue weighted by Crippen LogP contribution is -2.53. The summed E-state index contributed by atoms with van der Waals surface area (Å²) in [6.45, 7) is 11.3. The number of benzene rings is 1. The smallest absolute Gasteiger partial charge is 0.241 e. The lowest BCUT2D eigenvalue weighted by atomic mass is 10.2. The highest BCUT2D eigenvalue weighted by Crippen LogP contribution is 2.20. The molecule has 1 aromatic heterocycles. The van der Waals surface area contributed by atoms with Crippen LogP contribution in [0.2, 0.25) is 0 Å². The van der Waals surface area contributed by atoms with E-state index in [1.54, 1.807) is 24.3 Å². The van der Waals surface area contributed by atoms with Crippen LogP contribution in [0.1, 0.15) is 43.8 Å². The summed E-state index contributed by atoms with van der Waals surface area (Å²) in [5, 5.41) is 11.9. The van der Waals surface area contributed by atoms with E-state index in [0.29, 0.717) is 11.3 Å². The average Bonchev–Trinajstić information content (AvgIpc) is 2.73. The van der Waals surface area contributed by atoms with Crippen LogP contribution in [0.15, 0.2) is 30.3 Å². The summed E-state index contributed by atoms with van der Waals surface area (Å²) in [5.41, 5.74) is 2.16. The number of aryl methyl sites for hydroxylation is 1. The van der Waals surface area contributed by atoms with Crippen LogP contribution >= 0.6 is 0 Å². The molecule has 29 heavy (non-hydrogen) atoms. The van der Waals surface area contributed by atoms with Crippen LogP contribution in [0.4, 0.5) is 11.5 Å². The topological polar surface area (TPSA) is 85.1 Å². The van der Waals surface area contributed by atoms with Gasteiger partial charge < -0.3 is 10.2 Å². The highest BCUT2D eigenvalue weighted by molar-refractivity contribution is 5.94. The van der Waals surface area contributed by atoms with Gasteiger partial charge >= 0.3 is 0 Å². The van der Waals surface area contributed by atoms with Crippen LogP contribution in [-0.4, -0.2) is 53.0 Å². The zero-order valence-corrected chi connectivity index (χ0v) is 17.5. The largest absolute Gasteiger partial charge is 0.354 e. The summed E-state index contributed by atoms with van der Waals surface area (Å²) in [4.78, 5) is 26.3. The van der Waals surface area contributed by atoms with E-state index in [4.69, 9.17) is 10.2 Å². The Kier molecular flexibility index (Phi) is 6.45. The van der Waals surface area contributed by atoms with E-state index in [9.17, 15) is 4.79 Å². The standard InChI is InChI=1S/C22H28N6O/c1-15(2)21-24-16(3)12-20(26-21)28-10-8-27(9-11-28)17(4)22(29)25-19-7-5-6-18(13-19)14-23/h5-7,12-13,15,17H,8-11H2,1-4H3,(H,25,29)/t17-/m1/s1. The zero-order chi connectivity index (χ0) is 21.0. The van der Waals surface area contributed by atoms with Crippen molar-refractivity contribution < 1.29 is 4.79 Å². The minimum Gasteiger partial charge on any atom is -0.354 e. The second-order valence-corrected chi connectivity index (χ2v) is 7.76. The molecule has 1 saturated heterocycles. The Balaban J connectivity index is 1.60. The average molecular weight is 393 g/mol. The van der Waals surface area contributed by atoms with Gasteiger partial charge in [0.1, 0.15) is 11.6 Å². The monoisotopic (exact) mass is 392 g/mol. The van der Waals surface area contributed by atoms with Crippen LogP contribution in [0, 0.1) is 18.3 Å². The number of carbonyl (C=O) groups excluding carboxylic acids is 1. The van der Waals surface area contributed by atoms with Crippen molar-refractivity contribution in [1.82, 2.24) is 14.9 Å². The fourth-order valence-corrected chi connectivity index (χ4v) is 3.41. The summed E-state index contributed by atoms with van der Waals surface area (Å²) in [6, 6.07) is 10.8. The molecule has 0 bridgehead atoms. The number of nitrogens with zero attached hydrogens (tertiary/aromatic N) is 5. The maximum atomic E-state index is 12.7. The van der Waals surface area contributed by atoms with Crippen molar-refractivity contribution in [3.8, 4) is 6.07 Å². The molecule has 1 aliphatic rings. The number of hydrogen-bond donors (Lipinski definition) is 1. The molecule has 0 unspecified atom stereocenters. The van der Waals surface area contributed by atoms with Crippen molar-refractivity contribution >= 4 is 17.4 Å². The summed E-state index contributed by atoms with van der Waals surface area (Å²) < 4.78 is 0. The lowest BCUT2D eigenvalue weighted by molar-refractivity contribution is -0.120. The number of anilines is 2. The molecule has 7 heteroatoms. The predicted molar refractivity (Wildman–Crippen MR) is 114 cm³/mol. The van der Waals surface area contributed by atoms with E-state index in [-0.39, 0.29) is 17.9 Å². The summed E-state index contributed by atoms with van der Waals surface area (Å²) in [6.07, 6.45) is 0. The van der Waals surface area contributed by atoms with Crippen molar-refractivity contribution in [3.05, 3.63) is 47.4 Å². The van der Waals surface area contributed by atoms with Gasteiger partial charge in [-0.05, 0) is 32.0 Å². The first-order chi connectivity index (χ1) is 13.9. The number of amides is 1. The van der Waals surface area contributed by atoms with Crippen molar-refractivity contribution in [2.45, 2.75) is 39.7 Å². The van der Waals surface area contributed by atoms with E-state index in [1.165, 1.54) is 0 Å². The first-order valence-electron chi connectivity index (χ1n) is 10.0. The van der Waals surface area contributed by atoms with Gasteiger partial charge in [-0.1, -0.05) is 19.9 Å². The number of nitrogens with one attached hydrogen (secondary N) is 1. The van der Waals surface area contributed by atoms with E-state index >= 15 is 0 Å². The Morgan fingerprint density at radius 3 is 2.52 bits per heavy atom. The summed E-state index contributed by atoms with van der Waals surface area (Å²) in [5.74, 6) is 2.06. The number of carbonyl (C=O) groups is 1. The highest BCUT2D eigenvalue weighted by Gasteiger charge is 2.26. The molecule has 3 rings (SSSR count). The van der Waals surface area contributed by atoms with Gasteiger partial charge in [0.2, 0.25) is 5.91 Å². The maximum Gasteiger partial charge on any atom is 0.241 e. The minimum atomic E-state index is -0.249. The molecule has 1 aliphatic heterocycles. The van der Waals surface area contributed by atoms with Gasteiger partial charge in [-0.2, -0.15) is 5.26 Å². The second kappa shape index (κ2) is 9.01. The Hall–Kier alpha value is -2.98. The van der Waals surface area contributed by atoms with Gasteiger partial charge in [0.15, 0.2) is 0 Å². The third-order valence-electron chi connectivity index (χ3n) is 5.20. The number of nitriles is 1. The molecular weight excluding hydrogens is 364 g/mol. The van der Waals surface area contributed by atoms with Gasteiger partial charge in [0.05, 0.1) is 17.7 Å². The molecule has 1 aromatic carbocycles. The van der Waals surface area contributed by atoms with E-state index in [1.807, 2.05) is 19.9 Å². The van der Waals surface area contributed by atoms with Crippen LogP contribution in [-0.2, 0) is 4.79 Å². The predicted octanol–water partition coefficient (Wildman–Crippen LogP) is 2.93. The minimum absolute atomic E-state index is 0.0616. The van der Waals surface area contributed by atoms with Crippen molar-refractivity contribution in [2.75, 3.05) is 36.4 Å².